The molecule has 152 valence electrons. The van der Waals surface area contributed by atoms with Gasteiger partial charge in [0.1, 0.15) is 45.0 Å². The summed E-state index contributed by atoms with van der Waals surface area (Å²) >= 11 is 0. The summed E-state index contributed by atoms with van der Waals surface area (Å²) in [5.41, 5.74) is 2.49. The first-order valence-electron chi connectivity index (χ1n) is 9.76. The third-order valence-corrected chi connectivity index (χ3v) is 5.48. The van der Waals surface area contributed by atoms with E-state index < -0.39 is 0 Å². The van der Waals surface area contributed by atoms with Crippen molar-refractivity contribution in [2.24, 2.45) is 0 Å². The third kappa shape index (κ3) is 4.69. The summed E-state index contributed by atoms with van der Waals surface area (Å²) in [6, 6.07) is 12.4. The molecule has 2 aromatic rings. The summed E-state index contributed by atoms with van der Waals surface area (Å²) in [4.78, 5) is 3.19. The van der Waals surface area contributed by atoms with Crippen molar-refractivity contribution < 1.29 is 28.7 Å². The van der Waals surface area contributed by atoms with Gasteiger partial charge in [0.25, 0.3) is 0 Å². The monoisotopic (exact) mass is 388 g/mol. The zero-order chi connectivity index (χ0) is 19.9. The van der Waals surface area contributed by atoms with Crippen LogP contribution in [0.1, 0.15) is 11.1 Å². The number of hydrogen-bond donors (Lipinski definition) is 2. The molecule has 1 fully saturated rings. The Kier molecular flexibility index (Phi) is 7.01. The highest BCUT2D eigenvalue weighted by Crippen LogP contribution is 2.37. The first-order valence-corrected chi connectivity index (χ1v) is 9.76. The van der Waals surface area contributed by atoms with Gasteiger partial charge in [-0.2, -0.15) is 0 Å². The highest BCUT2D eigenvalue weighted by atomic mass is 16.5. The average Bonchev–Trinajstić information content (AvgIpc) is 2.74. The number of methoxy groups -OCH3 is 4. The first kappa shape index (κ1) is 20.3. The fourth-order valence-electron chi connectivity index (χ4n) is 3.96. The highest BCUT2D eigenvalue weighted by molar-refractivity contribution is 5.53. The molecule has 0 unspecified atom stereocenters. The Morgan fingerprint density at radius 1 is 0.679 bits per heavy atom. The molecule has 1 aliphatic heterocycles. The Hall–Kier alpha value is -2.44. The van der Waals surface area contributed by atoms with Crippen molar-refractivity contribution in [3.05, 3.63) is 47.5 Å². The van der Waals surface area contributed by atoms with Gasteiger partial charge in [0.2, 0.25) is 5.75 Å². The van der Waals surface area contributed by atoms with E-state index in [2.05, 4.69) is 24.3 Å². The van der Waals surface area contributed by atoms with Crippen LogP contribution in [0, 0.1) is 0 Å². The van der Waals surface area contributed by atoms with Gasteiger partial charge < -0.3 is 28.7 Å². The second-order valence-electron chi connectivity index (χ2n) is 7.20. The van der Waals surface area contributed by atoms with Crippen LogP contribution in [0.3, 0.4) is 0 Å². The number of benzene rings is 2. The van der Waals surface area contributed by atoms with Gasteiger partial charge in [0.05, 0.1) is 28.4 Å². The molecule has 1 saturated heterocycles. The molecule has 0 bridgehead atoms. The average molecular weight is 389 g/mol. The van der Waals surface area contributed by atoms with E-state index in [-0.39, 0.29) is 0 Å². The summed E-state index contributed by atoms with van der Waals surface area (Å²) in [7, 11) is 6.70. The Morgan fingerprint density at radius 2 is 1.21 bits per heavy atom. The molecule has 2 aromatic carbocycles. The Balaban J connectivity index is 1.60. The van der Waals surface area contributed by atoms with Crippen molar-refractivity contribution in [1.29, 1.82) is 0 Å². The van der Waals surface area contributed by atoms with Crippen LogP contribution < -0.4 is 28.7 Å². The second-order valence-corrected chi connectivity index (χ2v) is 7.20. The van der Waals surface area contributed by atoms with E-state index in [9.17, 15) is 0 Å². The van der Waals surface area contributed by atoms with Gasteiger partial charge >= 0.3 is 0 Å². The van der Waals surface area contributed by atoms with Crippen LogP contribution in [0.25, 0.3) is 0 Å². The number of nitrogens with one attached hydrogen (secondary N) is 2. The van der Waals surface area contributed by atoms with Crippen molar-refractivity contribution in [3.8, 4) is 23.0 Å². The maximum Gasteiger partial charge on any atom is 0.203 e. The molecule has 0 radical (unpaired) electrons. The smallest absolute Gasteiger partial charge is 0.203 e. The van der Waals surface area contributed by atoms with Crippen LogP contribution in [-0.4, -0.2) is 54.6 Å². The summed E-state index contributed by atoms with van der Waals surface area (Å²) < 4.78 is 21.9. The lowest BCUT2D eigenvalue weighted by molar-refractivity contribution is -1.02. The van der Waals surface area contributed by atoms with Crippen molar-refractivity contribution in [3.63, 3.8) is 0 Å². The quantitative estimate of drug-likeness (QED) is 0.679. The van der Waals surface area contributed by atoms with Gasteiger partial charge in [-0.05, 0) is 24.3 Å². The van der Waals surface area contributed by atoms with Gasteiger partial charge in [-0.15, -0.1) is 0 Å². The van der Waals surface area contributed by atoms with Gasteiger partial charge in [0, 0.05) is 11.1 Å². The van der Waals surface area contributed by atoms with Gasteiger partial charge in [-0.3, -0.25) is 0 Å². The minimum Gasteiger partial charge on any atom is -0.496 e. The molecule has 1 heterocycles. The molecule has 0 aromatic heterocycles. The summed E-state index contributed by atoms with van der Waals surface area (Å²) in [5, 5.41) is 0. The third-order valence-electron chi connectivity index (χ3n) is 5.48. The fourth-order valence-corrected chi connectivity index (χ4v) is 3.96. The zero-order valence-electron chi connectivity index (χ0n) is 17.3. The zero-order valence-corrected chi connectivity index (χ0v) is 17.3. The Morgan fingerprint density at radius 3 is 1.75 bits per heavy atom. The Labute approximate surface area is 167 Å². The normalized spacial score (nSPS) is 19.1. The topological polar surface area (TPSA) is 45.8 Å². The van der Waals surface area contributed by atoms with Crippen LogP contribution in [0.5, 0.6) is 23.0 Å². The van der Waals surface area contributed by atoms with E-state index in [1.165, 1.54) is 11.1 Å². The second kappa shape index (κ2) is 9.66. The molecule has 1 aliphatic rings. The number of para-hydroxylation sites is 1. The van der Waals surface area contributed by atoms with Gasteiger partial charge in [-0.25, -0.2) is 0 Å². The van der Waals surface area contributed by atoms with E-state index in [0.29, 0.717) is 5.75 Å². The number of quaternary nitrogens is 2. The van der Waals surface area contributed by atoms with Crippen LogP contribution in [0.15, 0.2) is 36.4 Å². The largest absolute Gasteiger partial charge is 0.496 e. The summed E-state index contributed by atoms with van der Waals surface area (Å²) in [6.07, 6.45) is 0. The highest BCUT2D eigenvalue weighted by Gasteiger charge is 2.25. The molecule has 0 atom stereocenters. The molecular formula is C22H32N2O4+2. The van der Waals surface area contributed by atoms with Gasteiger partial charge in [0.15, 0.2) is 11.5 Å². The van der Waals surface area contributed by atoms with Crippen molar-refractivity contribution in [2.45, 2.75) is 13.1 Å². The molecule has 0 saturated carbocycles. The number of hydrogen-bond acceptors (Lipinski definition) is 4. The molecule has 6 heteroatoms. The summed E-state index contributed by atoms with van der Waals surface area (Å²) in [5.74, 6) is 3.07. The van der Waals surface area contributed by atoms with Crippen LogP contribution >= 0.6 is 0 Å². The predicted octanol–water partition coefficient (Wildman–Crippen LogP) is 0.205. The van der Waals surface area contributed by atoms with Crippen LogP contribution in [0.2, 0.25) is 0 Å². The molecule has 6 nitrogen and oxygen atoms in total. The molecule has 0 spiro atoms. The lowest BCUT2D eigenvalue weighted by Crippen LogP contribution is -3.27. The molecule has 3 rings (SSSR count). The number of piperazine rings is 1. The predicted molar refractivity (Wildman–Crippen MR) is 108 cm³/mol. The molecular weight excluding hydrogens is 356 g/mol. The van der Waals surface area contributed by atoms with Crippen molar-refractivity contribution in [1.82, 2.24) is 0 Å². The van der Waals surface area contributed by atoms with Crippen molar-refractivity contribution in [2.75, 3.05) is 54.6 Å². The molecule has 0 amide bonds. The Bertz CT molecular complexity index is 748. The maximum atomic E-state index is 5.50. The lowest BCUT2D eigenvalue weighted by Gasteiger charge is -2.30. The van der Waals surface area contributed by atoms with E-state index in [4.69, 9.17) is 18.9 Å². The van der Waals surface area contributed by atoms with E-state index in [1.54, 1.807) is 38.2 Å². The van der Waals surface area contributed by atoms with Crippen LogP contribution in [-0.2, 0) is 13.1 Å². The minimum absolute atomic E-state index is 0.648. The SMILES string of the molecule is COc1ccccc1C[NH+]1CC[NH+](Cc2cc(OC)c(OC)c(OC)c2)CC1. The molecule has 2 N–H and O–H groups in total. The fraction of sp³-hybridized carbons (Fsp3) is 0.455. The number of ether oxygens (including phenoxy) is 4. The van der Waals surface area contributed by atoms with Crippen LogP contribution in [0.4, 0.5) is 0 Å². The minimum atomic E-state index is 0.648. The summed E-state index contributed by atoms with van der Waals surface area (Å²) in [6.45, 7) is 6.55. The molecule has 28 heavy (non-hydrogen) atoms. The first-order chi connectivity index (χ1) is 13.7. The molecule has 0 aliphatic carbocycles. The number of rotatable bonds is 8. The van der Waals surface area contributed by atoms with Crippen molar-refractivity contribution >= 4 is 0 Å². The standard InChI is InChI=1S/C22H30N2O4/c1-25-19-8-6-5-7-18(19)16-24-11-9-23(10-12-24)15-17-13-20(26-2)22(28-4)21(14-17)27-3/h5-8,13-14H,9-12,15-16H2,1-4H3/p+2. The lowest BCUT2D eigenvalue weighted by atomic mass is 10.1. The van der Waals surface area contributed by atoms with Gasteiger partial charge in [-0.1, -0.05) is 12.1 Å². The maximum absolute atomic E-state index is 5.50. The van der Waals surface area contributed by atoms with E-state index in [1.807, 2.05) is 12.1 Å². The van der Waals surface area contributed by atoms with E-state index in [0.717, 1.165) is 56.5 Å². The van der Waals surface area contributed by atoms with E-state index >= 15 is 0 Å².